The minimum absolute atomic E-state index is 0.0945. The summed E-state index contributed by atoms with van der Waals surface area (Å²) in [4.78, 5) is 25.4. The van der Waals surface area contributed by atoms with Crippen LogP contribution in [0.3, 0.4) is 0 Å². The fourth-order valence-corrected chi connectivity index (χ4v) is 4.47. The SMILES string of the molecule is COC(=O)c1ccc2c(c1)NC1=C(C(=O)CC(C)(C)C1)[C@@H](c1ccc(OC)c(OC)c1)N2. The fraction of sp³-hybridized carbons (Fsp3) is 0.360. The molecule has 2 aromatic carbocycles. The van der Waals surface area contributed by atoms with Gasteiger partial charge in [-0.15, -0.1) is 0 Å². The van der Waals surface area contributed by atoms with Crippen LogP contribution >= 0.6 is 0 Å². The summed E-state index contributed by atoms with van der Waals surface area (Å²) >= 11 is 0. The lowest BCUT2D eigenvalue weighted by Crippen LogP contribution is -2.31. The molecule has 1 aliphatic carbocycles. The minimum Gasteiger partial charge on any atom is -0.493 e. The van der Waals surface area contributed by atoms with Gasteiger partial charge in [-0.2, -0.15) is 0 Å². The number of hydrogen-bond donors (Lipinski definition) is 2. The van der Waals surface area contributed by atoms with E-state index in [0.717, 1.165) is 22.6 Å². The molecule has 0 spiro atoms. The molecule has 168 valence electrons. The molecule has 2 N–H and O–H groups in total. The van der Waals surface area contributed by atoms with Gasteiger partial charge in [-0.3, -0.25) is 4.79 Å². The summed E-state index contributed by atoms with van der Waals surface area (Å²) in [6, 6.07) is 10.6. The highest BCUT2D eigenvalue weighted by atomic mass is 16.5. The number of ketones is 1. The van der Waals surface area contributed by atoms with Crippen molar-refractivity contribution in [3.05, 3.63) is 58.8 Å². The number of allylic oxidation sites excluding steroid dienone is 1. The summed E-state index contributed by atoms with van der Waals surface area (Å²) in [5, 5.41) is 6.97. The van der Waals surface area contributed by atoms with Crippen molar-refractivity contribution in [2.45, 2.75) is 32.7 Å². The Bertz CT molecular complexity index is 1120. The molecule has 0 unspecified atom stereocenters. The van der Waals surface area contributed by atoms with Crippen LogP contribution in [0.15, 0.2) is 47.7 Å². The molecule has 0 fully saturated rings. The van der Waals surface area contributed by atoms with Crippen LogP contribution in [0.2, 0.25) is 0 Å². The number of fused-ring (bicyclic) bond motifs is 1. The van der Waals surface area contributed by atoms with Crippen molar-refractivity contribution in [2.75, 3.05) is 32.0 Å². The Morgan fingerprint density at radius 3 is 2.41 bits per heavy atom. The number of ether oxygens (including phenoxy) is 3. The van der Waals surface area contributed by atoms with Crippen molar-refractivity contribution >= 4 is 23.1 Å². The van der Waals surface area contributed by atoms with Gasteiger partial charge in [-0.1, -0.05) is 19.9 Å². The molecular weight excluding hydrogens is 408 g/mol. The third-order valence-electron chi connectivity index (χ3n) is 5.98. The molecule has 0 radical (unpaired) electrons. The number of carbonyl (C=O) groups excluding carboxylic acids is 2. The van der Waals surface area contributed by atoms with E-state index in [1.54, 1.807) is 26.4 Å². The number of methoxy groups -OCH3 is 3. The molecule has 0 amide bonds. The second kappa shape index (κ2) is 8.22. The maximum atomic E-state index is 13.4. The van der Waals surface area contributed by atoms with Crippen LogP contribution in [0.25, 0.3) is 0 Å². The van der Waals surface area contributed by atoms with Gasteiger partial charge >= 0.3 is 5.97 Å². The lowest BCUT2D eigenvalue weighted by atomic mass is 9.73. The molecule has 2 aromatic rings. The largest absolute Gasteiger partial charge is 0.493 e. The van der Waals surface area contributed by atoms with Crippen LogP contribution in [0.4, 0.5) is 11.4 Å². The first-order valence-corrected chi connectivity index (χ1v) is 10.5. The zero-order valence-electron chi connectivity index (χ0n) is 19.0. The summed E-state index contributed by atoms with van der Waals surface area (Å²) in [6.07, 6.45) is 1.17. The second-order valence-corrected chi connectivity index (χ2v) is 8.90. The summed E-state index contributed by atoms with van der Waals surface area (Å²) in [5.41, 5.74) is 4.23. The molecule has 32 heavy (non-hydrogen) atoms. The highest BCUT2D eigenvalue weighted by Gasteiger charge is 2.39. The predicted molar refractivity (Wildman–Crippen MR) is 122 cm³/mol. The van der Waals surface area contributed by atoms with Gasteiger partial charge in [0, 0.05) is 17.7 Å². The maximum absolute atomic E-state index is 13.4. The quantitative estimate of drug-likeness (QED) is 0.671. The van der Waals surface area contributed by atoms with Crippen LogP contribution in [-0.2, 0) is 9.53 Å². The first-order chi connectivity index (χ1) is 15.3. The molecule has 7 nitrogen and oxygen atoms in total. The molecule has 1 aliphatic heterocycles. The molecule has 0 aromatic heterocycles. The van der Waals surface area contributed by atoms with E-state index in [0.29, 0.717) is 35.5 Å². The minimum atomic E-state index is -0.412. The average molecular weight is 437 g/mol. The van der Waals surface area contributed by atoms with E-state index in [1.807, 2.05) is 24.3 Å². The van der Waals surface area contributed by atoms with Gasteiger partial charge in [0.2, 0.25) is 0 Å². The van der Waals surface area contributed by atoms with Crippen LogP contribution in [0.5, 0.6) is 11.5 Å². The summed E-state index contributed by atoms with van der Waals surface area (Å²) in [5.74, 6) is 0.897. The molecular formula is C25H28N2O5. The lowest BCUT2D eigenvalue weighted by molar-refractivity contribution is -0.118. The zero-order valence-corrected chi connectivity index (χ0v) is 19.0. The van der Waals surface area contributed by atoms with Gasteiger partial charge in [0.25, 0.3) is 0 Å². The molecule has 7 heteroatoms. The highest BCUT2D eigenvalue weighted by molar-refractivity contribution is 6.01. The monoisotopic (exact) mass is 436 g/mol. The normalized spacial score (nSPS) is 19.0. The molecule has 1 atom stereocenters. The number of rotatable bonds is 4. The Hall–Kier alpha value is -3.48. The van der Waals surface area contributed by atoms with Gasteiger partial charge in [-0.25, -0.2) is 4.79 Å². The standard InChI is InChI=1S/C25H28N2O5/c1-25(2)12-18-22(19(28)13-25)23(14-7-9-20(30-3)21(11-14)31-4)27-16-8-6-15(24(29)32-5)10-17(16)26-18/h6-11,23,26-27H,12-13H2,1-5H3/t23-/m1/s1. The number of benzene rings is 2. The predicted octanol–water partition coefficient (Wildman–Crippen LogP) is 4.71. The third-order valence-corrected chi connectivity index (χ3v) is 5.98. The third kappa shape index (κ3) is 3.90. The molecule has 2 aliphatic rings. The van der Waals surface area contributed by atoms with E-state index in [9.17, 15) is 9.59 Å². The number of carbonyl (C=O) groups is 2. The van der Waals surface area contributed by atoms with Crippen molar-refractivity contribution in [2.24, 2.45) is 5.41 Å². The van der Waals surface area contributed by atoms with Crippen molar-refractivity contribution in [1.82, 2.24) is 0 Å². The number of Topliss-reactive ketones (excluding diaryl/α,β-unsaturated/α-hetero) is 1. The molecule has 1 heterocycles. The first kappa shape index (κ1) is 21.7. The van der Waals surface area contributed by atoms with Gasteiger partial charge in [0.05, 0.1) is 44.3 Å². The Morgan fingerprint density at radius 1 is 0.969 bits per heavy atom. The van der Waals surface area contributed by atoms with E-state index >= 15 is 0 Å². The number of esters is 1. The average Bonchev–Trinajstić information content (AvgIpc) is 2.93. The van der Waals surface area contributed by atoms with Crippen molar-refractivity contribution in [3.63, 3.8) is 0 Å². The molecule has 0 saturated heterocycles. The molecule has 0 saturated carbocycles. The lowest BCUT2D eigenvalue weighted by Gasteiger charge is -2.34. The summed E-state index contributed by atoms with van der Waals surface area (Å²) in [7, 11) is 4.54. The Kier molecular flexibility index (Phi) is 5.59. The Labute approximate surface area is 187 Å². The summed E-state index contributed by atoms with van der Waals surface area (Å²) in [6.45, 7) is 4.18. The maximum Gasteiger partial charge on any atom is 0.337 e. The number of hydrogen-bond acceptors (Lipinski definition) is 7. The zero-order chi connectivity index (χ0) is 23.0. The fourth-order valence-electron chi connectivity index (χ4n) is 4.47. The first-order valence-electron chi connectivity index (χ1n) is 10.5. The van der Waals surface area contributed by atoms with E-state index in [2.05, 4.69) is 24.5 Å². The van der Waals surface area contributed by atoms with Gasteiger partial charge < -0.3 is 24.8 Å². The van der Waals surface area contributed by atoms with E-state index in [4.69, 9.17) is 14.2 Å². The van der Waals surface area contributed by atoms with Gasteiger partial charge in [-0.05, 0) is 47.7 Å². The molecule has 0 bridgehead atoms. The van der Waals surface area contributed by atoms with Crippen molar-refractivity contribution < 1.29 is 23.8 Å². The van der Waals surface area contributed by atoms with Crippen LogP contribution in [0.1, 0.15) is 48.7 Å². The van der Waals surface area contributed by atoms with E-state index in [1.165, 1.54) is 7.11 Å². The topological polar surface area (TPSA) is 85.9 Å². The van der Waals surface area contributed by atoms with Gasteiger partial charge in [0.1, 0.15) is 0 Å². The molecule has 4 rings (SSSR count). The van der Waals surface area contributed by atoms with E-state index in [-0.39, 0.29) is 17.2 Å². The second-order valence-electron chi connectivity index (χ2n) is 8.90. The van der Waals surface area contributed by atoms with Gasteiger partial charge in [0.15, 0.2) is 17.3 Å². The van der Waals surface area contributed by atoms with Crippen LogP contribution in [0, 0.1) is 5.41 Å². The number of nitrogens with one attached hydrogen (secondary N) is 2. The summed E-state index contributed by atoms with van der Waals surface area (Å²) < 4.78 is 15.8. The van der Waals surface area contributed by atoms with Crippen LogP contribution < -0.4 is 20.1 Å². The number of anilines is 2. The highest BCUT2D eigenvalue weighted by Crippen LogP contribution is 2.46. The van der Waals surface area contributed by atoms with E-state index < -0.39 is 5.97 Å². The Balaban J connectivity index is 1.87. The van der Waals surface area contributed by atoms with Crippen LogP contribution in [-0.4, -0.2) is 33.1 Å². The van der Waals surface area contributed by atoms with Crippen molar-refractivity contribution in [3.8, 4) is 11.5 Å². The smallest absolute Gasteiger partial charge is 0.337 e. The Morgan fingerprint density at radius 2 is 1.72 bits per heavy atom. The van der Waals surface area contributed by atoms with Crippen molar-refractivity contribution in [1.29, 1.82) is 0 Å².